The fourth-order valence-electron chi connectivity index (χ4n) is 2.03. The Morgan fingerprint density at radius 3 is 2.73 bits per heavy atom. The van der Waals surface area contributed by atoms with Crippen LogP contribution in [0.15, 0.2) is 42.5 Å². The van der Waals surface area contributed by atoms with Gasteiger partial charge >= 0.3 is 6.03 Å². The van der Waals surface area contributed by atoms with Gasteiger partial charge in [-0.1, -0.05) is 23.8 Å². The Balaban J connectivity index is 1.73. The monoisotopic (exact) mass is 302 g/mol. The first-order valence-electron chi connectivity index (χ1n) is 7.05. The van der Waals surface area contributed by atoms with Crippen molar-refractivity contribution < 1.29 is 13.9 Å². The molecule has 0 aliphatic carbocycles. The summed E-state index contributed by atoms with van der Waals surface area (Å²) in [5.41, 5.74) is 2.65. The molecule has 116 valence electrons. The third kappa shape index (κ3) is 4.77. The lowest BCUT2D eigenvalue weighted by atomic mass is 10.1. The maximum Gasteiger partial charge on any atom is 0.319 e. The Morgan fingerprint density at radius 2 is 2.00 bits per heavy atom. The van der Waals surface area contributed by atoms with Gasteiger partial charge in [0, 0.05) is 5.69 Å². The summed E-state index contributed by atoms with van der Waals surface area (Å²) in [6.45, 7) is 4.72. The third-order valence-corrected chi connectivity index (χ3v) is 3.06. The molecular weight excluding hydrogens is 283 g/mol. The molecule has 2 aromatic rings. The number of amides is 2. The van der Waals surface area contributed by atoms with Crippen LogP contribution in [0, 0.1) is 19.7 Å². The molecule has 0 unspecified atom stereocenters. The Hall–Kier alpha value is -2.56. The van der Waals surface area contributed by atoms with E-state index in [0.717, 1.165) is 11.3 Å². The van der Waals surface area contributed by atoms with Crippen LogP contribution in [0.3, 0.4) is 0 Å². The van der Waals surface area contributed by atoms with Crippen molar-refractivity contribution in [2.45, 2.75) is 13.8 Å². The fraction of sp³-hybridized carbons (Fsp3) is 0.235. The van der Waals surface area contributed by atoms with Crippen molar-refractivity contribution >= 4 is 11.7 Å². The predicted molar refractivity (Wildman–Crippen MR) is 84.8 cm³/mol. The van der Waals surface area contributed by atoms with Crippen molar-refractivity contribution in [3.8, 4) is 5.75 Å². The summed E-state index contributed by atoms with van der Waals surface area (Å²) in [5.74, 6) is 0.411. The smallest absolute Gasteiger partial charge is 0.319 e. The fourth-order valence-corrected chi connectivity index (χ4v) is 2.03. The van der Waals surface area contributed by atoms with E-state index in [0.29, 0.717) is 18.8 Å². The summed E-state index contributed by atoms with van der Waals surface area (Å²) < 4.78 is 18.6. The highest BCUT2D eigenvalue weighted by Crippen LogP contribution is 2.18. The number of rotatable bonds is 5. The Labute approximate surface area is 129 Å². The standard InChI is InChI=1S/C17H19FN2O2/c1-12-6-7-16(13(2)10-12)22-9-8-19-17(21)20-15-5-3-4-14(18)11-15/h3-7,10-11H,8-9H2,1-2H3,(H2,19,20,21). The van der Waals surface area contributed by atoms with Gasteiger partial charge in [-0.15, -0.1) is 0 Å². The van der Waals surface area contributed by atoms with Gasteiger partial charge in [0.05, 0.1) is 6.54 Å². The molecule has 22 heavy (non-hydrogen) atoms. The third-order valence-electron chi connectivity index (χ3n) is 3.06. The Morgan fingerprint density at radius 1 is 1.18 bits per heavy atom. The molecule has 0 atom stereocenters. The number of aryl methyl sites for hydroxylation is 2. The van der Waals surface area contributed by atoms with Crippen LogP contribution in [0.25, 0.3) is 0 Å². The molecule has 0 aliphatic rings. The molecule has 5 heteroatoms. The number of hydrogen-bond donors (Lipinski definition) is 2. The van der Waals surface area contributed by atoms with Crippen LogP contribution < -0.4 is 15.4 Å². The topological polar surface area (TPSA) is 50.4 Å². The molecule has 0 spiro atoms. The Kier molecular flexibility index (Phi) is 5.36. The summed E-state index contributed by atoms with van der Waals surface area (Å²) in [4.78, 5) is 11.6. The Bertz CT molecular complexity index is 659. The van der Waals surface area contributed by atoms with E-state index >= 15 is 0 Å². The van der Waals surface area contributed by atoms with Crippen molar-refractivity contribution in [3.63, 3.8) is 0 Å². The molecule has 0 aromatic heterocycles. The van der Waals surface area contributed by atoms with Gasteiger partial charge in [0.25, 0.3) is 0 Å². The largest absolute Gasteiger partial charge is 0.491 e. The molecule has 0 saturated carbocycles. The van der Waals surface area contributed by atoms with Gasteiger partial charge < -0.3 is 15.4 Å². The normalized spacial score (nSPS) is 10.1. The molecule has 2 rings (SSSR count). The second kappa shape index (κ2) is 7.45. The van der Waals surface area contributed by atoms with Crippen molar-refractivity contribution in [2.24, 2.45) is 0 Å². The van der Waals surface area contributed by atoms with Crippen LogP contribution in [0.5, 0.6) is 5.75 Å². The summed E-state index contributed by atoms with van der Waals surface area (Å²) in [6, 6.07) is 11.3. The number of ether oxygens (including phenoxy) is 1. The number of halogens is 1. The lowest BCUT2D eigenvalue weighted by Crippen LogP contribution is -2.32. The van der Waals surface area contributed by atoms with Crippen LogP contribution in [-0.4, -0.2) is 19.2 Å². The average Bonchev–Trinajstić information content (AvgIpc) is 2.45. The van der Waals surface area contributed by atoms with Crippen LogP contribution in [0.4, 0.5) is 14.9 Å². The maximum atomic E-state index is 13.0. The summed E-state index contributed by atoms with van der Waals surface area (Å²) in [6.07, 6.45) is 0. The molecule has 2 N–H and O–H groups in total. The first-order chi connectivity index (χ1) is 10.5. The molecule has 0 saturated heterocycles. The first-order valence-corrected chi connectivity index (χ1v) is 7.05. The molecular formula is C17H19FN2O2. The van der Waals surface area contributed by atoms with Gasteiger partial charge in [-0.05, 0) is 43.7 Å². The predicted octanol–water partition coefficient (Wildman–Crippen LogP) is 3.64. The molecule has 0 bridgehead atoms. The lowest BCUT2D eigenvalue weighted by molar-refractivity contribution is 0.247. The van der Waals surface area contributed by atoms with Crippen molar-refractivity contribution in [1.29, 1.82) is 0 Å². The van der Waals surface area contributed by atoms with Gasteiger partial charge in [0.1, 0.15) is 18.2 Å². The van der Waals surface area contributed by atoms with Crippen molar-refractivity contribution in [3.05, 3.63) is 59.4 Å². The number of carbonyl (C=O) groups is 1. The van der Waals surface area contributed by atoms with E-state index < -0.39 is 11.8 Å². The second-order valence-corrected chi connectivity index (χ2v) is 5.01. The number of nitrogens with one attached hydrogen (secondary N) is 2. The molecule has 0 heterocycles. The van der Waals surface area contributed by atoms with Crippen LogP contribution in [0.1, 0.15) is 11.1 Å². The van der Waals surface area contributed by atoms with E-state index in [1.54, 1.807) is 6.07 Å². The van der Waals surface area contributed by atoms with Crippen LogP contribution >= 0.6 is 0 Å². The zero-order valence-corrected chi connectivity index (χ0v) is 12.7. The van der Waals surface area contributed by atoms with Gasteiger partial charge in [0.2, 0.25) is 0 Å². The number of carbonyl (C=O) groups excluding carboxylic acids is 1. The molecule has 2 aromatic carbocycles. The molecule has 0 radical (unpaired) electrons. The highest BCUT2D eigenvalue weighted by Gasteiger charge is 2.03. The summed E-state index contributed by atoms with van der Waals surface area (Å²) in [7, 11) is 0. The SMILES string of the molecule is Cc1ccc(OCCNC(=O)Nc2cccc(F)c2)c(C)c1. The van der Waals surface area contributed by atoms with Crippen LogP contribution in [0.2, 0.25) is 0 Å². The molecule has 0 fully saturated rings. The number of benzene rings is 2. The molecule has 2 amide bonds. The van der Waals surface area contributed by atoms with E-state index in [1.807, 2.05) is 32.0 Å². The minimum atomic E-state index is -0.394. The van der Waals surface area contributed by atoms with E-state index in [-0.39, 0.29) is 0 Å². The zero-order valence-electron chi connectivity index (χ0n) is 12.7. The maximum absolute atomic E-state index is 13.0. The van der Waals surface area contributed by atoms with E-state index in [1.165, 1.54) is 23.8 Å². The summed E-state index contributed by atoms with van der Waals surface area (Å²) in [5, 5.41) is 5.21. The first kappa shape index (κ1) is 15.8. The van der Waals surface area contributed by atoms with Crippen molar-refractivity contribution in [1.82, 2.24) is 5.32 Å². The van der Waals surface area contributed by atoms with Crippen molar-refractivity contribution in [2.75, 3.05) is 18.5 Å². The van der Waals surface area contributed by atoms with Crippen LogP contribution in [-0.2, 0) is 0 Å². The number of urea groups is 1. The minimum absolute atomic E-state index is 0.356. The van der Waals surface area contributed by atoms with Gasteiger partial charge in [0.15, 0.2) is 0 Å². The average molecular weight is 302 g/mol. The quantitative estimate of drug-likeness (QED) is 0.828. The second-order valence-electron chi connectivity index (χ2n) is 5.01. The molecule has 0 aliphatic heterocycles. The highest BCUT2D eigenvalue weighted by molar-refractivity contribution is 5.89. The lowest BCUT2D eigenvalue weighted by Gasteiger charge is -2.11. The van der Waals surface area contributed by atoms with Gasteiger partial charge in [-0.25, -0.2) is 9.18 Å². The van der Waals surface area contributed by atoms with Gasteiger partial charge in [-0.2, -0.15) is 0 Å². The number of anilines is 1. The van der Waals surface area contributed by atoms with E-state index in [9.17, 15) is 9.18 Å². The van der Waals surface area contributed by atoms with E-state index in [4.69, 9.17) is 4.74 Å². The zero-order chi connectivity index (χ0) is 15.9. The minimum Gasteiger partial charge on any atom is -0.491 e. The van der Waals surface area contributed by atoms with E-state index in [2.05, 4.69) is 10.6 Å². The van der Waals surface area contributed by atoms with Gasteiger partial charge in [-0.3, -0.25) is 0 Å². The number of hydrogen-bond acceptors (Lipinski definition) is 2. The molecule has 4 nitrogen and oxygen atoms in total. The highest BCUT2D eigenvalue weighted by atomic mass is 19.1. The summed E-state index contributed by atoms with van der Waals surface area (Å²) >= 11 is 0.